The summed E-state index contributed by atoms with van der Waals surface area (Å²) in [5.41, 5.74) is 0.946. The van der Waals surface area contributed by atoms with Crippen molar-refractivity contribution in [2.45, 2.75) is 25.3 Å². The number of hydrogen-bond donors (Lipinski definition) is 0. The standard InChI is InChI=1S/C14H18BrN3O2/c15-11-3-4-13(14(9-11)18(19)20)17-8-5-12(10-17)16-6-1-2-7-16/h3-4,9,12H,1-2,5-8,10H2. The summed E-state index contributed by atoms with van der Waals surface area (Å²) in [7, 11) is 0. The Morgan fingerprint density at radius 2 is 2.00 bits per heavy atom. The number of likely N-dealkylation sites (tertiary alicyclic amines) is 1. The number of nitro groups is 1. The van der Waals surface area contributed by atoms with E-state index in [1.165, 1.54) is 25.9 Å². The molecule has 3 rings (SSSR count). The quantitative estimate of drug-likeness (QED) is 0.627. The van der Waals surface area contributed by atoms with Crippen LogP contribution in [0.25, 0.3) is 0 Å². The Kier molecular flexibility index (Phi) is 3.94. The third-order valence-corrected chi connectivity index (χ3v) is 4.79. The summed E-state index contributed by atoms with van der Waals surface area (Å²) in [5, 5.41) is 11.2. The highest BCUT2D eigenvalue weighted by Gasteiger charge is 2.31. The summed E-state index contributed by atoms with van der Waals surface area (Å²) in [5.74, 6) is 0. The van der Waals surface area contributed by atoms with Crippen LogP contribution in [0.2, 0.25) is 0 Å². The highest BCUT2D eigenvalue weighted by Crippen LogP contribution is 2.34. The molecule has 1 atom stereocenters. The summed E-state index contributed by atoms with van der Waals surface area (Å²) in [6.07, 6.45) is 3.68. The molecule has 1 aromatic rings. The molecule has 0 radical (unpaired) electrons. The van der Waals surface area contributed by atoms with E-state index in [0.717, 1.165) is 29.7 Å². The van der Waals surface area contributed by atoms with Gasteiger partial charge in [0.05, 0.1) is 4.92 Å². The van der Waals surface area contributed by atoms with Crippen LogP contribution in [-0.4, -0.2) is 42.0 Å². The van der Waals surface area contributed by atoms with Crippen molar-refractivity contribution in [2.24, 2.45) is 0 Å². The number of halogens is 1. The van der Waals surface area contributed by atoms with Gasteiger partial charge in [0, 0.05) is 29.7 Å². The van der Waals surface area contributed by atoms with E-state index in [0.29, 0.717) is 6.04 Å². The Hall–Kier alpha value is -1.14. The molecule has 20 heavy (non-hydrogen) atoms. The molecule has 0 bridgehead atoms. The minimum absolute atomic E-state index is 0.196. The highest BCUT2D eigenvalue weighted by atomic mass is 79.9. The van der Waals surface area contributed by atoms with Crippen molar-refractivity contribution in [3.63, 3.8) is 0 Å². The van der Waals surface area contributed by atoms with E-state index in [-0.39, 0.29) is 10.6 Å². The predicted octanol–water partition coefficient (Wildman–Crippen LogP) is 3.03. The molecule has 0 spiro atoms. The van der Waals surface area contributed by atoms with Gasteiger partial charge in [-0.25, -0.2) is 0 Å². The molecular formula is C14H18BrN3O2. The Balaban J connectivity index is 1.78. The van der Waals surface area contributed by atoms with Gasteiger partial charge in [-0.1, -0.05) is 15.9 Å². The molecule has 0 N–H and O–H groups in total. The van der Waals surface area contributed by atoms with Gasteiger partial charge in [-0.3, -0.25) is 15.0 Å². The fourth-order valence-corrected chi connectivity index (χ4v) is 3.62. The number of nitro benzene ring substituents is 1. The van der Waals surface area contributed by atoms with Crippen LogP contribution in [0.15, 0.2) is 22.7 Å². The van der Waals surface area contributed by atoms with Crippen molar-refractivity contribution >= 4 is 27.3 Å². The molecule has 2 fully saturated rings. The zero-order valence-corrected chi connectivity index (χ0v) is 12.9. The lowest BCUT2D eigenvalue weighted by molar-refractivity contribution is -0.384. The van der Waals surface area contributed by atoms with Crippen molar-refractivity contribution in [1.29, 1.82) is 0 Å². The van der Waals surface area contributed by atoms with Gasteiger partial charge in [-0.05, 0) is 44.5 Å². The minimum Gasteiger partial charge on any atom is -0.364 e. The van der Waals surface area contributed by atoms with E-state index in [1.807, 2.05) is 12.1 Å². The average Bonchev–Trinajstić information content (AvgIpc) is 3.09. The summed E-state index contributed by atoms with van der Waals surface area (Å²) < 4.78 is 0.753. The van der Waals surface area contributed by atoms with E-state index in [1.54, 1.807) is 6.07 Å². The van der Waals surface area contributed by atoms with E-state index in [2.05, 4.69) is 25.7 Å². The number of benzene rings is 1. The van der Waals surface area contributed by atoms with Crippen LogP contribution in [-0.2, 0) is 0 Å². The molecule has 0 aliphatic carbocycles. The number of anilines is 1. The number of rotatable bonds is 3. The van der Waals surface area contributed by atoms with Crippen molar-refractivity contribution in [3.8, 4) is 0 Å². The summed E-state index contributed by atoms with van der Waals surface area (Å²) in [6, 6.07) is 5.89. The smallest absolute Gasteiger partial charge is 0.293 e. The van der Waals surface area contributed by atoms with Gasteiger partial charge in [0.2, 0.25) is 0 Å². The number of hydrogen-bond acceptors (Lipinski definition) is 4. The van der Waals surface area contributed by atoms with Crippen LogP contribution in [0.5, 0.6) is 0 Å². The third-order valence-electron chi connectivity index (χ3n) is 4.30. The molecule has 1 aromatic carbocycles. The SMILES string of the molecule is O=[N+]([O-])c1cc(Br)ccc1N1CCC(N2CCCC2)C1. The monoisotopic (exact) mass is 339 g/mol. The largest absolute Gasteiger partial charge is 0.364 e. The van der Waals surface area contributed by atoms with Crippen molar-refractivity contribution in [3.05, 3.63) is 32.8 Å². The fraction of sp³-hybridized carbons (Fsp3) is 0.571. The Morgan fingerprint density at radius 1 is 1.25 bits per heavy atom. The fourth-order valence-electron chi connectivity index (χ4n) is 3.28. The second-order valence-electron chi connectivity index (χ2n) is 5.52. The van der Waals surface area contributed by atoms with Crippen LogP contribution in [0.1, 0.15) is 19.3 Å². The molecule has 0 saturated carbocycles. The molecule has 2 saturated heterocycles. The maximum Gasteiger partial charge on any atom is 0.293 e. The van der Waals surface area contributed by atoms with E-state index in [9.17, 15) is 10.1 Å². The van der Waals surface area contributed by atoms with Crippen molar-refractivity contribution in [2.75, 3.05) is 31.1 Å². The number of nitrogens with zero attached hydrogens (tertiary/aromatic N) is 3. The molecule has 2 aliphatic heterocycles. The summed E-state index contributed by atoms with van der Waals surface area (Å²) in [6.45, 7) is 4.17. The van der Waals surface area contributed by atoms with Crippen LogP contribution < -0.4 is 4.90 Å². The van der Waals surface area contributed by atoms with Crippen molar-refractivity contribution in [1.82, 2.24) is 4.90 Å². The first-order chi connectivity index (χ1) is 9.65. The Labute approximate surface area is 126 Å². The first kappa shape index (κ1) is 13.8. The van der Waals surface area contributed by atoms with Gasteiger partial charge in [-0.2, -0.15) is 0 Å². The van der Waals surface area contributed by atoms with Crippen LogP contribution in [0.4, 0.5) is 11.4 Å². The topological polar surface area (TPSA) is 49.6 Å². The lowest BCUT2D eigenvalue weighted by Gasteiger charge is -2.24. The normalized spacial score (nSPS) is 23.4. The Bertz CT molecular complexity index is 517. The molecule has 0 amide bonds. The zero-order valence-electron chi connectivity index (χ0n) is 11.3. The van der Waals surface area contributed by atoms with Crippen molar-refractivity contribution < 1.29 is 4.92 Å². The van der Waals surface area contributed by atoms with E-state index < -0.39 is 0 Å². The highest BCUT2D eigenvalue weighted by molar-refractivity contribution is 9.10. The molecule has 108 valence electrons. The maximum atomic E-state index is 11.2. The molecule has 5 nitrogen and oxygen atoms in total. The van der Waals surface area contributed by atoms with Crippen LogP contribution in [0, 0.1) is 10.1 Å². The van der Waals surface area contributed by atoms with Gasteiger partial charge < -0.3 is 4.90 Å². The first-order valence-corrected chi connectivity index (χ1v) is 7.87. The molecule has 0 aromatic heterocycles. The second kappa shape index (κ2) is 5.69. The lowest BCUT2D eigenvalue weighted by atomic mass is 10.2. The Morgan fingerprint density at radius 3 is 2.70 bits per heavy atom. The molecule has 2 heterocycles. The van der Waals surface area contributed by atoms with E-state index >= 15 is 0 Å². The molecule has 1 unspecified atom stereocenters. The van der Waals surface area contributed by atoms with Gasteiger partial charge in [-0.15, -0.1) is 0 Å². The van der Waals surface area contributed by atoms with Gasteiger partial charge >= 0.3 is 0 Å². The molecule has 6 heteroatoms. The van der Waals surface area contributed by atoms with Gasteiger partial charge in [0.25, 0.3) is 5.69 Å². The lowest BCUT2D eigenvalue weighted by Crippen LogP contribution is -2.35. The molecular weight excluding hydrogens is 322 g/mol. The van der Waals surface area contributed by atoms with Gasteiger partial charge in [0.15, 0.2) is 0 Å². The van der Waals surface area contributed by atoms with E-state index in [4.69, 9.17) is 0 Å². The second-order valence-corrected chi connectivity index (χ2v) is 6.44. The van der Waals surface area contributed by atoms with Gasteiger partial charge in [0.1, 0.15) is 5.69 Å². The summed E-state index contributed by atoms with van der Waals surface area (Å²) >= 11 is 3.31. The van der Waals surface area contributed by atoms with Crippen LogP contribution in [0.3, 0.4) is 0 Å². The van der Waals surface area contributed by atoms with Crippen LogP contribution >= 0.6 is 15.9 Å². The first-order valence-electron chi connectivity index (χ1n) is 7.08. The predicted molar refractivity (Wildman–Crippen MR) is 82.2 cm³/mol. The third kappa shape index (κ3) is 2.67. The maximum absolute atomic E-state index is 11.2. The summed E-state index contributed by atoms with van der Waals surface area (Å²) in [4.78, 5) is 15.6. The minimum atomic E-state index is -0.288. The molecule has 2 aliphatic rings. The zero-order chi connectivity index (χ0) is 14.1. The average molecular weight is 340 g/mol.